The van der Waals surface area contributed by atoms with Gasteiger partial charge in [0, 0.05) is 11.4 Å². The summed E-state index contributed by atoms with van der Waals surface area (Å²) < 4.78 is 9.78. The Morgan fingerprint density at radius 2 is 1.96 bits per heavy atom. The van der Waals surface area contributed by atoms with Gasteiger partial charge in [-0.3, -0.25) is 14.5 Å². The highest BCUT2D eigenvalue weighted by molar-refractivity contribution is 7.16. The Labute approximate surface area is 158 Å². The molecule has 26 heavy (non-hydrogen) atoms. The second-order valence-electron chi connectivity index (χ2n) is 5.83. The Morgan fingerprint density at radius 1 is 1.27 bits per heavy atom. The van der Waals surface area contributed by atoms with Gasteiger partial charge in [0.15, 0.2) is 0 Å². The third kappa shape index (κ3) is 6.42. The molecule has 1 unspecified atom stereocenters. The summed E-state index contributed by atoms with van der Waals surface area (Å²) in [6.45, 7) is 8.85. The van der Waals surface area contributed by atoms with Crippen molar-refractivity contribution in [1.29, 1.82) is 0 Å². The van der Waals surface area contributed by atoms with Gasteiger partial charge in [-0.15, -0.1) is 11.3 Å². The summed E-state index contributed by atoms with van der Waals surface area (Å²) in [4.78, 5) is 38.9. The van der Waals surface area contributed by atoms with Crippen LogP contribution < -0.4 is 5.32 Å². The van der Waals surface area contributed by atoms with Gasteiger partial charge < -0.3 is 14.8 Å². The maximum Gasteiger partial charge on any atom is 0.341 e. The number of nitrogens with zero attached hydrogens (tertiary/aromatic N) is 1. The van der Waals surface area contributed by atoms with Crippen molar-refractivity contribution in [2.75, 3.05) is 38.7 Å². The van der Waals surface area contributed by atoms with Gasteiger partial charge in [-0.05, 0) is 26.0 Å². The Hall–Kier alpha value is -1.93. The van der Waals surface area contributed by atoms with Gasteiger partial charge in [0.2, 0.25) is 5.91 Å². The number of amides is 1. The van der Waals surface area contributed by atoms with Crippen LogP contribution >= 0.6 is 11.3 Å². The molecule has 0 aliphatic heterocycles. The zero-order valence-electron chi connectivity index (χ0n) is 16.1. The maximum absolute atomic E-state index is 12.4. The van der Waals surface area contributed by atoms with E-state index in [1.54, 1.807) is 19.9 Å². The lowest BCUT2D eigenvalue weighted by atomic mass is 10.1. The lowest BCUT2D eigenvalue weighted by Gasteiger charge is -2.22. The summed E-state index contributed by atoms with van der Waals surface area (Å²) >= 11 is 1.37. The highest BCUT2D eigenvalue weighted by Gasteiger charge is 2.21. The van der Waals surface area contributed by atoms with Crippen LogP contribution in [0.2, 0.25) is 0 Å². The minimum Gasteiger partial charge on any atom is -0.469 e. The fourth-order valence-electron chi connectivity index (χ4n) is 2.41. The summed E-state index contributed by atoms with van der Waals surface area (Å²) in [7, 11) is 1.35. The topological polar surface area (TPSA) is 84.9 Å². The fraction of sp³-hybridized carbons (Fsp3) is 0.611. The van der Waals surface area contributed by atoms with Crippen LogP contribution in [0.1, 0.15) is 42.9 Å². The van der Waals surface area contributed by atoms with Crippen molar-refractivity contribution in [2.24, 2.45) is 5.92 Å². The number of hydrogen-bond donors (Lipinski definition) is 1. The number of hydrogen-bond acceptors (Lipinski definition) is 7. The van der Waals surface area contributed by atoms with E-state index in [0.717, 1.165) is 11.3 Å². The first-order valence-corrected chi connectivity index (χ1v) is 9.57. The molecule has 0 aromatic carbocycles. The molecule has 1 atom stereocenters. The summed E-state index contributed by atoms with van der Waals surface area (Å²) in [5.74, 6) is -1.31. The zero-order chi connectivity index (χ0) is 19.7. The van der Waals surface area contributed by atoms with Crippen molar-refractivity contribution in [3.63, 3.8) is 0 Å². The predicted molar refractivity (Wildman–Crippen MR) is 102 cm³/mol. The predicted octanol–water partition coefficient (Wildman–Crippen LogP) is 2.56. The monoisotopic (exact) mass is 384 g/mol. The molecule has 7 nitrogen and oxygen atoms in total. The number of anilines is 1. The number of methoxy groups -OCH3 is 1. The minimum absolute atomic E-state index is 0.124. The second kappa shape index (κ2) is 10.9. The zero-order valence-corrected chi connectivity index (χ0v) is 16.9. The van der Waals surface area contributed by atoms with Crippen molar-refractivity contribution in [2.45, 2.75) is 34.1 Å². The van der Waals surface area contributed by atoms with Crippen LogP contribution in [0, 0.1) is 5.92 Å². The van der Waals surface area contributed by atoms with Gasteiger partial charge in [-0.25, -0.2) is 4.79 Å². The molecule has 0 saturated heterocycles. The third-order valence-corrected chi connectivity index (χ3v) is 5.02. The van der Waals surface area contributed by atoms with Crippen LogP contribution in [-0.2, 0) is 25.5 Å². The quantitative estimate of drug-likeness (QED) is 0.624. The molecule has 1 aromatic rings. The van der Waals surface area contributed by atoms with Gasteiger partial charge in [-0.1, -0.05) is 20.8 Å². The standard InChI is InChI=1S/C18H28N2O5S/c1-6-13-9-14(18(23)25-8-3)16(26-13)19-15(21)11-20(7-2)10-12(4)17(22)24-5/h9,12H,6-8,10-11H2,1-5H3,(H,19,21). The number of ether oxygens (including phenoxy) is 2. The molecule has 0 saturated carbocycles. The molecular formula is C18H28N2O5S. The number of carbonyl (C=O) groups is 3. The Kier molecular flexibility index (Phi) is 9.29. The van der Waals surface area contributed by atoms with E-state index >= 15 is 0 Å². The average molecular weight is 384 g/mol. The van der Waals surface area contributed by atoms with Crippen LogP contribution in [0.3, 0.4) is 0 Å². The van der Waals surface area contributed by atoms with Crippen LogP contribution in [-0.4, -0.2) is 56.1 Å². The third-order valence-electron chi connectivity index (χ3n) is 3.83. The largest absolute Gasteiger partial charge is 0.469 e. The fourth-order valence-corrected chi connectivity index (χ4v) is 3.41. The molecule has 0 aliphatic rings. The van der Waals surface area contributed by atoms with Gasteiger partial charge in [0.1, 0.15) is 5.00 Å². The SMILES string of the molecule is CCOC(=O)c1cc(CC)sc1NC(=O)CN(CC)CC(C)C(=O)OC. The van der Waals surface area contributed by atoms with Gasteiger partial charge in [-0.2, -0.15) is 0 Å². The molecular weight excluding hydrogens is 356 g/mol. The molecule has 0 aliphatic carbocycles. The Morgan fingerprint density at radius 3 is 2.50 bits per heavy atom. The number of carbonyl (C=O) groups excluding carboxylic acids is 3. The summed E-state index contributed by atoms with van der Waals surface area (Å²) in [6, 6.07) is 1.76. The molecule has 0 spiro atoms. The maximum atomic E-state index is 12.4. The molecule has 0 fully saturated rings. The average Bonchev–Trinajstić information content (AvgIpc) is 3.03. The minimum atomic E-state index is -0.439. The molecule has 0 radical (unpaired) electrons. The smallest absolute Gasteiger partial charge is 0.341 e. The van der Waals surface area contributed by atoms with E-state index in [0.29, 0.717) is 23.7 Å². The van der Waals surface area contributed by atoms with Gasteiger partial charge >= 0.3 is 11.9 Å². The number of aryl methyl sites for hydroxylation is 1. The highest BCUT2D eigenvalue weighted by atomic mass is 32.1. The summed E-state index contributed by atoms with van der Waals surface area (Å²) in [5, 5.41) is 3.31. The molecule has 1 N–H and O–H groups in total. The Bertz CT molecular complexity index is 629. The molecule has 146 valence electrons. The first-order chi connectivity index (χ1) is 12.4. The molecule has 1 aromatic heterocycles. The van der Waals surface area contributed by atoms with Crippen molar-refractivity contribution >= 4 is 34.2 Å². The van der Waals surface area contributed by atoms with Crippen LogP contribution in [0.4, 0.5) is 5.00 Å². The van der Waals surface area contributed by atoms with E-state index in [4.69, 9.17) is 9.47 Å². The normalized spacial score (nSPS) is 11.9. The molecule has 0 bridgehead atoms. The van der Waals surface area contributed by atoms with Crippen molar-refractivity contribution in [1.82, 2.24) is 4.90 Å². The van der Waals surface area contributed by atoms with Crippen molar-refractivity contribution < 1.29 is 23.9 Å². The van der Waals surface area contributed by atoms with E-state index in [2.05, 4.69) is 5.32 Å². The lowest BCUT2D eigenvalue weighted by Crippen LogP contribution is -2.38. The van der Waals surface area contributed by atoms with Crippen molar-refractivity contribution in [3.05, 3.63) is 16.5 Å². The van der Waals surface area contributed by atoms with E-state index in [9.17, 15) is 14.4 Å². The first kappa shape index (κ1) is 22.1. The van der Waals surface area contributed by atoms with Crippen LogP contribution in [0.5, 0.6) is 0 Å². The molecule has 1 rings (SSSR count). The van der Waals surface area contributed by atoms with E-state index in [1.807, 2.05) is 18.7 Å². The highest BCUT2D eigenvalue weighted by Crippen LogP contribution is 2.29. The summed E-state index contributed by atoms with van der Waals surface area (Å²) in [5.41, 5.74) is 0.382. The van der Waals surface area contributed by atoms with Gasteiger partial charge in [0.25, 0.3) is 0 Å². The molecule has 1 amide bonds. The van der Waals surface area contributed by atoms with Crippen LogP contribution in [0.15, 0.2) is 6.07 Å². The second-order valence-corrected chi connectivity index (χ2v) is 6.97. The number of rotatable bonds is 10. The van der Waals surface area contributed by atoms with E-state index in [1.165, 1.54) is 18.4 Å². The lowest BCUT2D eigenvalue weighted by molar-refractivity contribution is -0.145. The van der Waals surface area contributed by atoms with Crippen molar-refractivity contribution in [3.8, 4) is 0 Å². The number of likely N-dealkylation sites (N-methyl/N-ethyl adjacent to an activating group) is 1. The first-order valence-electron chi connectivity index (χ1n) is 8.75. The van der Waals surface area contributed by atoms with Crippen LogP contribution in [0.25, 0.3) is 0 Å². The molecule has 1 heterocycles. The van der Waals surface area contributed by atoms with E-state index in [-0.39, 0.29) is 30.9 Å². The van der Waals surface area contributed by atoms with E-state index < -0.39 is 5.97 Å². The summed E-state index contributed by atoms with van der Waals surface area (Å²) in [6.07, 6.45) is 0.769. The Balaban J connectivity index is 2.78. The molecule has 8 heteroatoms. The number of thiophene rings is 1. The number of nitrogens with one attached hydrogen (secondary N) is 1. The number of esters is 2. The van der Waals surface area contributed by atoms with Gasteiger partial charge in [0.05, 0.1) is 31.7 Å².